The van der Waals surface area contributed by atoms with Gasteiger partial charge in [0.2, 0.25) is 5.91 Å². The minimum Gasteiger partial charge on any atom is -0.456 e. The van der Waals surface area contributed by atoms with Crippen molar-refractivity contribution in [3.63, 3.8) is 0 Å². The third-order valence-corrected chi connectivity index (χ3v) is 2.73. The van der Waals surface area contributed by atoms with Crippen LogP contribution in [0.2, 0.25) is 0 Å². The minimum atomic E-state index is -0.866. The lowest BCUT2D eigenvalue weighted by Gasteiger charge is -2.40. The number of hydrogen-bond donors (Lipinski definition) is 1. The van der Waals surface area contributed by atoms with E-state index in [9.17, 15) is 9.59 Å². The Hall–Kier alpha value is -1.32. The van der Waals surface area contributed by atoms with Crippen LogP contribution < -0.4 is 5.32 Å². The average molecular weight is 195 g/mol. The molecule has 76 valence electrons. The zero-order valence-electron chi connectivity index (χ0n) is 8.46. The molecular weight excluding hydrogens is 182 g/mol. The fourth-order valence-corrected chi connectivity index (χ4v) is 2.07. The predicted molar refractivity (Wildman–Crippen MR) is 49.3 cm³/mol. The number of carbonyl (C=O) groups is 2. The van der Waals surface area contributed by atoms with E-state index in [1.807, 2.05) is 13.8 Å². The Morgan fingerprint density at radius 2 is 2.14 bits per heavy atom. The highest BCUT2D eigenvalue weighted by atomic mass is 16.6. The van der Waals surface area contributed by atoms with Gasteiger partial charge in [-0.3, -0.25) is 4.79 Å². The van der Waals surface area contributed by atoms with Gasteiger partial charge in [0.15, 0.2) is 11.6 Å². The lowest BCUT2D eigenvalue weighted by atomic mass is 9.83. The molecule has 4 nitrogen and oxygen atoms in total. The number of nitrogens with one attached hydrogen (secondary N) is 1. The molecule has 0 aliphatic carbocycles. The Balaban J connectivity index is 2.38. The second-order valence-corrected chi connectivity index (χ2v) is 4.19. The first-order valence-electron chi connectivity index (χ1n) is 4.66. The Kier molecular flexibility index (Phi) is 1.71. The number of rotatable bonds is 1. The van der Waals surface area contributed by atoms with Crippen molar-refractivity contribution >= 4 is 11.9 Å². The number of ether oxygens (including phenoxy) is 1. The van der Waals surface area contributed by atoms with Crippen LogP contribution >= 0.6 is 0 Å². The van der Waals surface area contributed by atoms with Crippen molar-refractivity contribution in [2.45, 2.75) is 32.4 Å². The summed E-state index contributed by atoms with van der Waals surface area (Å²) in [6.45, 7) is 5.56. The topological polar surface area (TPSA) is 55.4 Å². The molecule has 2 rings (SSSR count). The molecule has 2 fully saturated rings. The molecule has 14 heavy (non-hydrogen) atoms. The van der Waals surface area contributed by atoms with Crippen molar-refractivity contribution < 1.29 is 14.3 Å². The molecule has 0 saturated carbocycles. The van der Waals surface area contributed by atoms with Gasteiger partial charge < -0.3 is 10.1 Å². The second-order valence-electron chi connectivity index (χ2n) is 4.19. The number of amides is 1. The first-order valence-corrected chi connectivity index (χ1v) is 4.66. The molecule has 0 aromatic carbocycles. The first kappa shape index (κ1) is 9.24. The molecule has 0 bridgehead atoms. The van der Waals surface area contributed by atoms with E-state index in [2.05, 4.69) is 5.32 Å². The molecule has 0 unspecified atom stereocenters. The van der Waals surface area contributed by atoms with Crippen molar-refractivity contribution in [3.8, 4) is 0 Å². The highest BCUT2D eigenvalue weighted by Gasteiger charge is 2.65. The van der Waals surface area contributed by atoms with Gasteiger partial charge in [-0.25, -0.2) is 4.79 Å². The van der Waals surface area contributed by atoms with Crippen molar-refractivity contribution in [1.29, 1.82) is 0 Å². The van der Waals surface area contributed by atoms with Crippen molar-refractivity contribution in [1.82, 2.24) is 5.32 Å². The molecule has 0 aromatic rings. The Labute approximate surface area is 82.3 Å². The van der Waals surface area contributed by atoms with E-state index < -0.39 is 5.54 Å². The number of esters is 1. The quantitative estimate of drug-likeness (QED) is 0.486. The number of carbonyl (C=O) groups excluding carboxylic acids is 2. The van der Waals surface area contributed by atoms with E-state index in [1.54, 1.807) is 13.0 Å². The van der Waals surface area contributed by atoms with E-state index in [1.165, 1.54) is 0 Å². The summed E-state index contributed by atoms with van der Waals surface area (Å²) in [6.07, 6.45) is 1.46. The van der Waals surface area contributed by atoms with Crippen LogP contribution in [0.5, 0.6) is 0 Å². The Bertz CT molecular complexity index is 343. The SMILES string of the molecule is CC(C)=C[C@]12NC(=O)[C@H](C)[C@@H]1OC2=O. The first-order chi connectivity index (χ1) is 6.47. The van der Waals surface area contributed by atoms with Crippen LogP contribution in [0.15, 0.2) is 11.6 Å². The van der Waals surface area contributed by atoms with E-state index in [0.717, 1.165) is 5.57 Å². The molecule has 3 atom stereocenters. The zero-order valence-corrected chi connectivity index (χ0v) is 8.46. The van der Waals surface area contributed by atoms with E-state index in [0.29, 0.717) is 0 Å². The summed E-state index contributed by atoms with van der Waals surface area (Å²) in [5, 5.41) is 2.71. The summed E-state index contributed by atoms with van der Waals surface area (Å²) in [7, 11) is 0. The summed E-state index contributed by atoms with van der Waals surface area (Å²) in [5.74, 6) is -0.706. The summed E-state index contributed by atoms with van der Waals surface area (Å²) in [6, 6.07) is 0. The molecular formula is C10H13NO3. The maximum Gasteiger partial charge on any atom is 0.340 e. The van der Waals surface area contributed by atoms with Gasteiger partial charge in [0, 0.05) is 0 Å². The molecule has 4 heteroatoms. The highest BCUT2D eigenvalue weighted by molar-refractivity contribution is 6.01. The Morgan fingerprint density at radius 3 is 2.57 bits per heavy atom. The highest BCUT2D eigenvalue weighted by Crippen LogP contribution is 2.39. The summed E-state index contributed by atoms with van der Waals surface area (Å²) in [5.41, 5.74) is 0.135. The van der Waals surface area contributed by atoms with Gasteiger partial charge in [-0.2, -0.15) is 0 Å². The number of hydrogen-bond acceptors (Lipinski definition) is 3. The van der Waals surface area contributed by atoms with Crippen molar-refractivity contribution in [2.24, 2.45) is 5.92 Å². The molecule has 0 spiro atoms. The minimum absolute atomic E-state index is 0.113. The molecule has 2 saturated heterocycles. The smallest absolute Gasteiger partial charge is 0.340 e. The van der Waals surface area contributed by atoms with Crippen molar-refractivity contribution in [2.75, 3.05) is 0 Å². The second kappa shape index (κ2) is 2.59. The van der Waals surface area contributed by atoms with Gasteiger partial charge in [0.05, 0.1) is 5.92 Å². The lowest BCUT2D eigenvalue weighted by Crippen LogP contribution is -2.65. The molecule has 2 aliphatic rings. The number of fused-ring (bicyclic) bond motifs is 1. The van der Waals surface area contributed by atoms with Crippen LogP contribution in [0.3, 0.4) is 0 Å². The maximum absolute atomic E-state index is 11.4. The van der Waals surface area contributed by atoms with Crippen LogP contribution in [0.25, 0.3) is 0 Å². The standard InChI is InChI=1S/C10H13NO3/c1-5(2)4-10-7(14-9(10)13)6(3)8(12)11-10/h4,6-7H,1-3H3,(H,11,12)/t6-,7+,10+/m1/s1. The molecule has 2 heterocycles. The van der Waals surface area contributed by atoms with Gasteiger partial charge in [-0.1, -0.05) is 5.57 Å². The van der Waals surface area contributed by atoms with E-state index >= 15 is 0 Å². The van der Waals surface area contributed by atoms with Gasteiger partial charge in [0.25, 0.3) is 0 Å². The zero-order chi connectivity index (χ0) is 10.5. The predicted octanol–water partition coefficient (Wildman–Crippen LogP) is 0.383. The average Bonchev–Trinajstić information content (AvgIpc) is 2.26. The van der Waals surface area contributed by atoms with Crippen LogP contribution in [0.4, 0.5) is 0 Å². The van der Waals surface area contributed by atoms with Crippen LogP contribution in [0, 0.1) is 5.92 Å². The van der Waals surface area contributed by atoms with Crippen molar-refractivity contribution in [3.05, 3.63) is 11.6 Å². The molecule has 1 amide bonds. The van der Waals surface area contributed by atoms with E-state index in [4.69, 9.17) is 4.74 Å². The third kappa shape index (κ3) is 0.937. The van der Waals surface area contributed by atoms with Gasteiger partial charge in [-0.05, 0) is 26.8 Å². The van der Waals surface area contributed by atoms with Gasteiger partial charge in [-0.15, -0.1) is 0 Å². The normalized spacial score (nSPS) is 39.4. The molecule has 0 radical (unpaired) electrons. The lowest BCUT2D eigenvalue weighted by molar-refractivity contribution is -0.184. The van der Waals surface area contributed by atoms with Gasteiger partial charge in [0.1, 0.15) is 0 Å². The maximum atomic E-state index is 11.4. The van der Waals surface area contributed by atoms with Crippen LogP contribution in [-0.4, -0.2) is 23.5 Å². The Morgan fingerprint density at radius 1 is 1.50 bits per heavy atom. The third-order valence-electron chi connectivity index (χ3n) is 2.73. The summed E-state index contributed by atoms with van der Waals surface area (Å²) >= 11 is 0. The number of allylic oxidation sites excluding steroid dienone is 1. The molecule has 1 N–H and O–H groups in total. The summed E-state index contributed by atoms with van der Waals surface area (Å²) < 4.78 is 4.98. The monoisotopic (exact) mass is 195 g/mol. The van der Waals surface area contributed by atoms with Crippen LogP contribution in [-0.2, 0) is 14.3 Å². The summed E-state index contributed by atoms with van der Waals surface area (Å²) in [4.78, 5) is 22.8. The molecule has 0 aromatic heterocycles. The fraction of sp³-hybridized carbons (Fsp3) is 0.600. The van der Waals surface area contributed by atoms with Gasteiger partial charge >= 0.3 is 5.97 Å². The molecule has 2 aliphatic heterocycles. The fourth-order valence-electron chi connectivity index (χ4n) is 2.07. The van der Waals surface area contributed by atoms with E-state index in [-0.39, 0.29) is 23.9 Å². The largest absolute Gasteiger partial charge is 0.456 e. The van der Waals surface area contributed by atoms with Crippen LogP contribution in [0.1, 0.15) is 20.8 Å².